The van der Waals surface area contributed by atoms with Gasteiger partial charge in [-0.05, 0) is 24.7 Å². The minimum absolute atomic E-state index is 0.174. The van der Waals surface area contributed by atoms with E-state index in [1.165, 1.54) is 19.3 Å². The van der Waals surface area contributed by atoms with Gasteiger partial charge in [-0.15, -0.1) is 0 Å². The molecule has 0 aliphatic heterocycles. The second kappa shape index (κ2) is 4.39. The van der Waals surface area contributed by atoms with Crippen LogP contribution < -0.4 is 11.1 Å². The smallest absolute Gasteiger partial charge is 0.273 e. The van der Waals surface area contributed by atoms with Crippen LogP contribution in [-0.4, -0.2) is 22.6 Å². The minimum Gasteiger partial charge on any atom is -0.395 e. The van der Waals surface area contributed by atoms with Gasteiger partial charge in [0.05, 0.1) is 11.4 Å². The van der Waals surface area contributed by atoms with Crippen molar-refractivity contribution in [1.82, 2.24) is 15.5 Å². The van der Waals surface area contributed by atoms with E-state index in [2.05, 4.69) is 22.4 Å². The molecule has 5 heteroatoms. The topological polar surface area (TPSA) is 83.8 Å². The maximum absolute atomic E-state index is 11.9. The molecule has 1 fully saturated rings. The number of aromatic nitrogens is 2. The van der Waals surface area contributed by atoms with Crippen molar-refractivity contribution in [1.29, 1.82) is 0 Å². The summed E-state index contributed by atoms with van der Waals surface area (Å²) in [7, 11) is 0. The number of hydrogen-bond donors (Lipinski definition) is 3. The summed E-state index contributed by atoms with van der Waals surface area (Å²) in [4.78, 5) is 11.9. The molecule has 0 spiro atoms. The molecule has 5 nitrogen and oxygen atoms in total. The lowest BCUT2D eigenvalue weighted by Crippen LogP contribution is -2.40. The molecule has 1 heterocycles. The Morgan fingerprint density at radius 2 is 2.29 bits per heavy atom. The van der Waals surface area contributed by atoms with Crippen LogP contribution in [0.4, 0.5) is 5.69 Å². The second-order valence-electron chi connectivity index (χ2n) is 5.16. The number of aromatic amines is 1. The lowest BCUT2D eigenvalue weighted by molar-refractivity contribution is 0.0886. The van der Waals surface area contributed by atoms with Gasteiger partial charge in [-0.25, -0.2) is 0 Å². The Morgan fingerprint density at radius 1 is 1.59 bits per heavy atom. The van der Waals surface area contributed by atoms with Crippen LogP contribution in [0, 0.1) is 5.41 Å². The molecular weight excluding hydrogens is 216 g/mol. The molecule has 1 aromatic heterocycles. The summed E-state index contributed by atoms with van der Waals surface area (Å²) >= 11 is 0. The lowest BCUT2D eigenvalue weighted by Gasteiger charge is -2.38. The van der Waals surface area contributed by atoms with E-state index in [0.29, 0.717) is 17.9 Å². The van der Waals surface area contributed by atoms with Crippen LogP contribution in [0.5, 0.6) is 0 Å². The Labute approximate surface area is 101 Å². The number of nitrogens with two attached hydrogens (primary N) is 1. The molecule has 0 unspecified atom stereocenters. The number of carbonyl (C=O) groups excluding carboxylic acids is 1. The number of H-pyrrole nitrogens is 1. The van der Waals surface area contributed by atoms with E-state index in [-0.39, 0.29) is 11.3 Å². The first-order valence-corrected chi connectivity index (χ1v) is 6.16. The molecule has 1 aliphatic carbocycles. The Hall–Kier alpha value is -1.52. The van der Waals surface area contributed by atoms with Gasteiger partial charge in [0.2, 0.25) is 0 Å². The Bertz CT molecular complexity index is 420. The van der Waals surface area contributed by atoms with Crippen LogP contribution in [0.15, 0.2) is 0 Å². The fourth-order valence-electron chi connectivity index (χ4n) is 2.16. The summed E-state index contributed by atoms with van der Waals surface area (Å²) in [5.74, 6) is -0.174. The molecule has 0 radical (unpaired) electrons. The summed E-state index contributed by atoms with van der Waals surface area (Å²) in [6.45, 7) is 4.88. The minimum atomic E-state index is -0.174. The molecule has 1 aliphatic rings. The first kappa shape index (κ1) is 12.0. The predicted octanol–water partition coefficient (Wildman–Crippen LogP) is 1.47. The third-order valence-electron chi connectivity index (χ3n) is 3.69. The normalized spacial score (nSPS) is 17.5. The molecule has 1 saturated carbocycles. The van der Waals surface area contributed by atoms with Gasteiger partial charge in [0, 0.05) is 6.54 Å². The Morgan fingerprint density at radius 3 is 2.76 bits per heavy atom. The van der Waals surface area contributed by atoms with Crippen molar-refractivity contribution in [3.05, 3.63) is 11.4 Å². The number of hydrogen-bond acceptors (Lipinski definition) is 3. The van der Waals surface area contributed by atoms with E-state index >= 15 is 0 Å². The van der Waals surface area contributed by atoms with E-state index in [1.54, 1.807) is 0 Å². The van der Waals surface area contributed by atoms with Gasteiger partial charge in [0.15, 0.2) is 5.69 Å². The summed E-state index contributed by atoms with van der Waals surface area (Å²) < 4.78 is 0. The monoisotopic (exact) mass is 236 g/mol. The van der Waals surface area contributed by atoms with Crippen molar-refractivity contribution in [3.8, 4) is 0 Å². The fourth-order valence-corrected chi connectivity index (χ4v) is 2.16. The second-order valence-corrected chi connectivity index (χ2v) is 5.16. The lowest BCUT2D eigenvalue weighted by atomic mass is 9.70. The highest BCUT2D eigenvalue weighted by atomic mass is 16.1. The number of rotatable bonds is 4. The Kier molecular flexibility index (Phi) is 3.09. The number of anilines is 1. The predicted molar refractivity (Wildman–Crippen MR) is 66.7 cm³/mol. The maximum atomic E-state index is 11.9. The third-order valence-corrected chi connectivity index (χ3v) is 3.69. The number of nitrogens with zero attached hydrogens (tertiary/aromatic N) is 1. The molecule has 2 rings (SSSR count). The summed E-state index contributed by atoms with van der Waals surface area (Å²) in [5, 5.41) is 9.68. The van der Waals surface area contributed by atoms with Crippen molar-refractivity contribution < 1.29 is 4.79 Å². The van der Waals surface area contributed by atoms with Crippen LogP contribution in [0.25, 0.3) is 0 Å². The van der Waals surface area contributed by atoms with Crippen LogP contribution in [0.2, 0.25) is 0 Å². The fraction of sp³-hybridized carbons (Fsp3) is 0.667. The van der Waals surface area contributed by atoms with Crippen LogP contribution >= 0.6 is 0 Å². The van der Waals surface area contributed by atoms with Crippen LogP contribution in [0.3, 0.4) is 0 Å². The van der Waals surface area contributed by atoms with Crippen molar-refractivity contribution in [2.24, 2.45) is 5.41 Å². The molecule has 4 N–H and O–H groups in total. The number of nitrogen functional groups attached to an aromatic ring is 1. The zero-order valence-electron chi connectivity index (χ0n) is 10.5. The summed E-state index contributed by atoms with van der Waals surface area (Å²) in [5.41, 5.74) is 7.74. The van der Waals surface area contributed by atoms with Gasteiger partial charge in [0.25, 0.3) is 5.91 Å². The van der Waals surface area contributed by atoms with Crippen molar-refractivity contribution in [3.63, 3.8) is 0 Å². The zero-order valence-corrected chi connectivity index (χ0v) is 10.5. The molecule has 0 saturated heterocycles. The maximum Gasteiger partial charge on any atom is 0.273 e. The van der Waals surface area contributed by atoms with Gasteiger partial charge < -0.3 is 11.1 Å². The third kappa shape index (κ3) is 2.28. The van der Waals surface area contributed by atoms with Crippen molar-refractivity contribution in [2.45, 2.75) is 39.5 Å². The molecule has 17 heavy (non-hydrogen) atoms. The standard InChI is InChI=1S/C12H20N4O/c1-3-8-9(13)10(16-15-8)11(17)14-7-12(2)5-4-6-12/h3-7,13H2,1-2H3,(H,14,17)(H,15,16). The van der Waals surface area contributed by atoms with E-state index in [0.717, 1.165) is 12.1 Å². The highest BCUT2D eigenvalue weighted by Crippen LogP contribution is 2.39. The highest BCUT2D eigenvalue weighted by molar-refractivity contribution is 5.97. The van der Waals surface area contributed by atoms with Gasteiger partial charge in [-0.1, -0.05) is 20.3 Å². The van der Waals surface area contributed by atoms with Crippen molar-refractivity contribution >= 4 is 11.6 Å². The largest absolute Gasteiger partial charge is 0.395 e. The Balaban J connectivity index is 1.97. The van der Waals surface area contributed by atoms with E-state index in [9.17, 15) is 4.79 Å². The molecule has 0 bridgehead atoms. The van der Waals surface area contributed by atoms with E-state index in [1.807, 2.05) is 6.92 Å². The van der Waals surface area contributed by atoms with E-state index in [4.69, 9.17) is 5.73 Å². The first-order chi connectivity index (χ1) is 8.06. The van der Waals surface area contributed by atoms with Gasteiger partial charge >= 0.3 is 0 Å². The first-order valence-electron chi connectivity index (χ1n) is 6.16. The van der Waals surface area contributed by atoms with Crippen LogP contribution in [-0.2, 0) is 6.42 Å². The number of amides is 1. The van der Waals surface area contributed by atoms with Crippen LogP contribution in [0.1, 0.15) is 49.3 Å². The molecular formula is C12H20N4O. The summed E-state index contributed by atoms with van der Waals surface area (Å²) in [6.07, 6.45) is 4.38. The number of aryl methyl sites for hydroxylation is 1. The molecule has 1 aromatic rings. The van der Waals surface area contributed by atoms with Crippen molar-refractivity contribution in [2.75, 3.05) is 12.3 Å². The molecule has 0 aromatic carbocycles. The molecule has 0 atom stereocenters. The van der Waals surface area contributed by atoms with Gasteiger partial charge in [0.1, 0.15) is 0 Å². The highest BCUT2D eigenvalue weighted by Gasteiger charge is 2.32. The average Bonchev–Trinajstić information content (AvgIpc) is 2.64. The van der Waals surface area contributed by atoms with E-state index < -0.39 is 0 Å². The van der Waals surface area contributed by atoms with Gasteiger partial charge in [-0.2, -0.15) is 5.10 Å². The van der Waals surface area contributed by atoms with Gasteiger partial charge in [-0.3, -0.25) is 9.89 Å². The SMILES string of the molecule is CCc1[nH]nc(C(=O)NCC2(C)CCC2)c1N. The number of carbonyl (C=O) groups is 1. The molecule has 94 valence electrons. The zero-order chi connectivity index (χ0) is 12.5. The molecule has 1 amide bonds. The average molecular weight is 236 g/mol. The quantitative estimate of drug-likeness (QED) is 0.740. The summed E-state index contributed by atoms with van der Waals surface area (Å²) in [6, 6.07) is 0. The number of nitrogens with one attached hydrogen (secondary N) is 2.